The highest BCUT2D eigenvalue weighted by molar-refractivity contribution is 6.22. The molecule has 89 heavy (non-hydrogen) atoms. The summed E-state index contributed by atoms with van der Waals surface area (Å²) in [5.74, 6) is -1.66. The summed E-state index contributed by atoms with van der Waals surface area (Å²) in [6.07, 6.45) is 7.69. The van der Waals surface area contributed by atoms with Crippen LogP contribution in [0.3, 0.4) is 0 Å². The van der Waals surface area contributed by atoms with Crippen molar-refractivity contribution in [2.45, 2.75) is 209 Å². The number of hydrogen-bond acceptors (Lipinski definition) is 7. The van der Waals surface area contributed by atoms with Gasteiger partial charge in [0.15, 0.2) is 0 Å². The molecule has 3 fully saturated rings. The molecule has 474 valence electrons. The van der Waals surface area contributed by atoms with Gasteiger partial charge >= 0.3 is 0 Å². The Kier molecular flexibility index (Phi) is 22.3. The van der Waals surface area contributed by atoms with E-state index in [9.17, 15) is 28.8 Å². The molecule has 0 bridgehead atoms. The minimum Gasteiger partial charge on any atom is -0.278 e. The van der Waals surface area contributed by atoms with E-state index in [4.69, 9.17) is 0 Å². The largest absolute Gasteiger partial charge is 0.278 e. The third kappa shape index (κ3) is 15.8. The zero-order valence-corrected chi connectivity index (χ0v) is 56.8. The van der Waals surface area contributed by atoms with Crippen molar-refractivity contribution in [1.29, 1.82) is 0 Å². The Morgan fingerprint density at radius 1 is 0.427 bits per heavy atom. The van der Waals surface area contributed by atoms with E-state index < -0.39 is 5.54 Å². The summed E-state index contributed by atoms with van der Waals surface area (Å²) < 4.78 is 0. The molecule has 0 saturated carbocycles. The molecule has 0 radical (unpaired) electrons. The quantitative estimate of drug-likeness (QED) is 0.0884. The van der Waals surface area contributed by atoms with Crippen LogP contribution in [0.15, 0.2) is 158 Å². The van der Waals surface area contributed by atoms with Crippen LogP contribution in [0.5, 0.6) is 0 Å². The van der Waals surface area contributed by atoms with Gasteiger partial charge in [0, 0.05) is 29.8 Å². The Morgan fingerprint density at radius 2 is 0.820 bits per heavy atom. The maximum absolute atomic E-state index is 13.8. The van der Waals surface area contributed by atoms with Gasteiger partial charge < -0.3 is 0 Å². The van der Waals surface area contributed by atoms with Crippen molar-refractivity contribution in [2.75, 3.05) is 4.90 Å². The van der Waals surface area contributed by atoms with Crippen LogP contribution in [0.25, 0.3) is 0 Å². The molecule has 10 atom stereocenters. The van der Waals surface area contributed by atoms with Gasteiger partial charge in [0.25, 0.3) is 0 Å². The Balaban J connectivity index is 0.000000192. The molecular formula is C79H102N4O6. The first-order chi connectivity index (χ1) is 41.8. The number of pyridine rings is 1. The number of carbonyl (C=O) groups excluding carboxylic acids is 6. The normalized spacial score (nSPS) is 21.3. The Morgan fingerprint density at radius 3 is 1.22 bits per heavy atom. The first-order valence-corrected chi connectivity index (χ1v) is 32.8. The number of likely N-dealkylation sites (tertiary alicyclic amines) is 2. The lowest BCUT2D eigenvalue weighted by Crippen LogP contribution is -2.46. The summed E-state index contributed by atoms with van der Waals surface area (Å²) in [7, 11) is 0. The van der Waals surface area contributed by atoms with Gasteiger partial charge in [-0.05, 0) is 162 Å². The molecule has 3 aliphatic rings. The molecule has 0 spiro atoms. The average molecular weight is 1200 g/mol. The minimum atomic E-state index is -0.522. The highest BCUT2D eigenvalue weighted by atomic mass is 16.2. The lowest BCUT2D eigenvalue weighted by Gasteiger charge is -2.31. The molecule has 4 heterocycles. The first-order valence-electron chi connectivity index (χ1n) is 32.8. The highest BCUT2D eigenvalue weighted by Crippen LogP contribution is 2.47. The van der Waals surface area contributed by atoms with Crippen LogP contribution >= 0.6 is 0 Å². The fourth-order valence-corrected chi connectivity index (χ4v) is 13.8. The van der Waals surface area contributed by atoms with E-state index in [1.165, 1.54) is 32.1 Å². The van der Waals surface area contributed by atoms with Gasteiger partial charge in [0.2, 0.25) is 35.4 Å². The number of rotatable bonds is 16. The van der Waals surface area contributed by atoms with E-state index >= 15 is 0 Å². The minimum absolute atomic E-state index is 0.00538. The third-order valence-corrected chi connectivity index (χ3v) is 19.2. The number of imide groups is 3. The molecule has 6 aromatic rings. The van der Waals surface area contributed by atoms with Gasteiger partial charge in [0.05, 0.1) is 35.9 Å². The molecule has 10 unspecified atom stereocenters. The van der Waals surface area contributed by atoms with Gasteiger partial charge in [0.1, 0.15) is 0 Å². The van der Waals surface area contributed by atoms with Crippen molar-refractivity contribution in [3.8, 4) is 0 Å². The van der Waals surface area contributed by atoms with E-state index in [1.54, 1.807) is 4.90 Å². The van der Waals surface area contributed by atoms with Crippen molar-refractivity contribution < 1.29 is 28.8 Å². The molecule has 0 N–H and O–H groups in total. The molecule has 10 heteroatoms. The van der Waals surface area contributed by atoms with Crippen LogP contribution in [0.1, 0.15) is 225 Å². The van der Waals surface area contributed by atoms with E-state index in [-0.39, 0.29) is 105 Å². The Hall–Kier alpha value is -7.33. The lowest BCUT2D eigenvalue weighted by atomic mass is 9.74. The number of aromatic nitrogens is 1. The van der Waals surface area contributed by atoms with Crippen LogP contribution in [-0.4, -0.2) is 55.8 Å². The number of para-hydroxylation sites is 1. The van der Waals surface area contributed by atoms with Crippen LogP contribution in [-0.2, 0) is 51.6 Å². The zero-order valence-electron chi connectivity index (χ0n) is 56.8. The maximum atomic E-state index is 13.8. The number of amides is 6. The number of benzene rings is 5. The summed E-state index contributed by atoms with van der Waals surface area (Å²) in [6, 6.07) is 48.9. The molecule has 5 aromatic carbocycles. The fourth-order valence-electron chi connectivity index (χ4n) is 13.8. The number of hydrogen-bond donors (Lipinski definition) is 0. The van der Waals surface area contributed by atoms with Gasteiger partial charge in [-0.25, -0.2) is 0 Å². The molecule has 1 aromatic heterocycles. The highest BCUT2D eigenvalue weighted by Gasteiger charge is 2.54. The Bertz CT molecular complexity index is 3350. The lowest BCUT2D eigenvalue weighted by molar-refractivity contribution is -0.146. The number of carbonyl (C=O) groups is 6. The van der Waals surface area contributed by atoms with Gasteiger partial charge in [-0.2, -0.15) is 0 Å². The van der Waals surface area contributed by atoms with Gasteiger partial charge in [-0.3, -0.25) is 48.5 Å². The summed E-state index contributed by atoms with van der Waals surface area (Å²) in [6.45, 7) is 38.3. The van der Waals surface area contributed by atoms with Crippen LogP contribution in [0, 0.1) is 35.5 Å². The van der Waals surface area contributed by atoms with E-state index in [0.717, 1.165) is 47.9 Å². The molecule has 10 nitrogen and oxygen atoms in total. The van der Waals surface area contributed by atoms with Gasteiger partial charge in [-0.1, -0.05) is 225 Å². The molecule has 3 aliphatic heterocycles. The number of nitrogens with zero attached hydrogens (tertiary/aromatic N) is 4. The van der Waals surface area contributed by atoms with Crippen LogP contribution in [0.2, 0.25) is 0 Å². The standard InChI is InChI=1S/C30H42N2O2.C25H31NO2.C24H29NO2/c1-9-24(22-11-13-23(14-12-22)29(3,4)5)26-25(27(33)32(28(26)34)30(6,7)8)15-10-20(2)21-16-18-31-19-17-21;1-6-21(19-12-14-20(15-13-19)25(3,4)5)22-17(2)23(27)26(24(22)28)16-18-10-8-7-9-11-18;1-6-20(17-12-14-18(15-13-17)24(3,4)5)21-16(2)22(26)25(23(21)27)19-10-8-7-9-11-19/h11-14,16-20,24-26H,9-10,15H2,1-8H3;7-15,17,21-22H,6,16H2,1-5H3;7-16,20-21H,6H2,1-5H3. The molecule has 9 rings (SSSR count). The van der Waals surface area contributed by atoms with Crippen molar-refractivity contribution >= 4 is 41.1 Å². The van der Waals surface area contributed by atoms with Crippen LogP contribution in [0.4, 0.5) is 5.69 Å². The number of anilines is 1. The van der Waals surface area contributed by atoms with Crippen molar-refractivity contribution in [2.24, 2.45) is 35.5 Å². The van der Waals surface area contributed by atoms with E-state index in [0.29, 0.717) is 24.6 Å². The topological polar surface area (TPSA) is 125 Å². The smallest absolute Gasteiger partial charge is 0.238 e. The average Bonchev–Trinajstić information content (AvgIpc) is 1.98. The molecule has 6 amide bonds. The van der Waals surface area contributed by atoms with E-state index in [1.807, 2.05) is 120 Å². The summed E-state index contributed by atoms with van der Waals surface area (Å²) in [5.41, 5.74) is 9.89. The van der Waals surface area contributed by atoms with Gasteiger partial charge in [-0.15, -0.1) is 0 Å². The SMILES string of the molecule is CCC(c1ccc(C(C)(C)C)cc1)C1C(=O)N(C(C)(C)C)C(=O)C1CCC(C)c1ccncc1.CCC(c1ccc(C(C)(C)C)cc1)C1C(=O)N(Cc2ccccc2)C(=O)C1C.CCC(c1ccc(C(C)(C)C)cc1)C1C(=O)N(c2ccccc2)C(=O)C1C. The van der Waals surface area contributed by atoms with Crippen LogP contribution < -0.4 is 4.90 Å². The molecular weight excluding hydrogens is 1100 g/mol. The zero-order chi connectivity index (χ0) is 65.5. The monoisotopic (exact) mass is 1200 g/mol. The van der Waals surface area contributed by atoms with Crippen molar-refractivity contribution in [3.05, 3.63) is 202 Å². The predicted molar refractivity (Wildman–Crippen MR) is 361 cm³/mol. The maximum Gasteiger partial charge on any atom is 0.238 e. The van der Waals surface area contributed by atoms with Crippen molar-refractivity contribution in [3.63, 3.8) is 0 Å². The summed E-state index contributed by atoms with van der Waals surface area (Å²) >= 11 is 0. The summed E-state index contributed by atoms with van der Waals surface area (Å²) in [4.78, 5) is 88.1. The fraction of sp³-hybridized carbons (Fsp3) is 0.481. The second kappa shape index (κ2) is 28.7. The second-order valence-electron chi connectivity index (χ2n) is 29.5. The molecule has 3 saturated heterocycles. The van der Waals surface area contributed by atoms with Crippen molar-refractivity contribution in [1.82, 2.24) is 14.8 Å². The van der Waals surface area contributed by atoms with E-state index in [2.05, 4.69) is 168 Å². The Labute approximate surface area is 533 Å². The predicted octanol–water partition coefficient (Wildman–Crippen LogP) is 17.5. The molecule has 0 aliphatic carbocycles. The third-order valence-electron chi connectivity index (χ3n) is 19.2. The summed E-state index contributed by atoms with van der Waals surface area (Å²) in [5, 5.41) is 0. The first kappa shape index (κ1) is 69.1. The second-order valence-corrected chi connectivity index (χ2v) is 29.5.